The highest BCUT2D eigenvalue weighted by Crippen LogP contribution is 2.39. The molecule has 3 aromatic heterocycles. The fraction of sp³-hybridized carbons (Fsp3) is 0.273. The van der Waals surface area contributed by atoms with E-state index in [0.29, 0.717) is 6.04 Å². The van der Waals surface area contributed by atoms with Gasteiger partial charge in [-0.05, 0) is 25.0 Å². The van der Waals surface area contributed by atoms with E-state index in [1.807, 2.05) is 18.7 Å². The molecule has 1 fully saturated rings. The van der Waals surface area contributed by atoms with E-state index in [-0.39, 0.29) is 0 Å². The molecule has 1 aliphatic rings. The topological polar surface area (TPSA) is 46.5 Å². The van der Waals surface area contributed by atoms with E-state index in [9.17, 15) is 0 Å². The van der Waals surface area contributed by atoms with Crippen LogP contribution in [0.2, 0.25) is 0 Å². The Morgan fingerprint density at radius 3 is 2.62 bits per heavy atom. The summed E-state index contributed by atoms with van der Waals surface area (Å²) in [5.41, 5.74) is 5.58. The van der Waals surface area contributed by atoms with E-state index >= 15 is 0 Å². The number of benzene rings is 1. The van der Waals surface area contributed by atoms with Crippen LogP contribution in [-0.2, 0) is 0 Å². The quantitative estimate of drug-likeness (QED) is 0.527. The summed E-state index contributed by atoms with van der Waals surface area (Å²) in [6.45, 7) is 0. The number of hydrogen-bond donors (Lipinski definition) is 1. The maximum Gasteiger partial charge on any atom is 0.137 e. The Morgan fingerprint density at radius 1 is 0.923 bits per heavy atom. The summed E-state index contributed by atoms with van der Waals surface area (Å²) >= 11 is 0. The molecule has 3 heterocycles. The van der Waals surface area contributed by atoms with Crippen molar-refractivity contribution in [2.75, 3.05) is 0 Å². The van der Waals surface area contributed by atoms with Crippen LogP contribution in [0.5, 0.6) is 0 Å². The van der Waals surface area contributed by atoms with E-state index in [0.717, 1.165) is 22.3 Å². The van der Waals surface area contributed by atoms with Crippen molar-refractivity contribution >= 4 is 11.0 Å². The average Bonchev–Trinajstić information content (AvgIpc) is 3.36. The van der Waals surface area contributed by atoms with Gasteiger partial charge in [-0.15, -0.1) is 0 Å². The van der Waals surface area contributed by atoms with E-state index in [2.05, 4.69) is 57.0 Å². The van der Waals surface area contributed by atoms with Gasteiger partial charge in [0, 0.05) is 34.9 Å². The molecule has 0 aliphatic heterocycles. The number of imidazole rings is 1. The highest BCUT2D eigenvalue weighted by Gasteiger charge is 2.23. The maximum absolute atomic E-state index is 4.86. The Morgan fingerprint density at radius 2 is 1.77 bits per heavy atom. The van der Waals surface area contributed by atoms with E-state index in [1.54, 1.807) is 0 Å². The van der Waals surface area contributed by atoms with Gasteiger partial charge in [-0.25, -0.2) is 9.97 Å². The number of rotatable bonds is 3. The minimum atomic E-state index is 0.533. The fourth-order valence-electron chi connectivity index (χ4n) is 4.24. The van der Waals surface area contributed by atoms with Crippen LogP contribution in [0, 0.1) is 0 Å². The van der Waals surface area contributed by atoms with Gasteiger partial charge in [0.05, 0.1) is 17.7 Å². The lowest BCUT2D eigenvalue weighted by Crippen LogP contribution is -2.13. The molecule has 130 valence electrons. The molecule has 0 saturated heterocycles. The van der Waals surface area contributed by atoms with Crippen molar-refractivity contribution < 1.29 is 0 Å². The van der Waals surface area contributed by atoms with Gasteiger partial charge in [-0.1, -0.05) is 49.6 Å². The number of fused-ring (bicyclic) bond motifs is 1. The summed E-state index contributed by atoms with van der Waals surface area (Å²) in [6.07, 6.45) is 12.3. The lowest BCUT2D eigenvalue weighted by atomic mass is 9.94. The van der Waals surface area contributed by atoms with E-state index in [4.69, 9.17) is 4.98 Å². The highest BCUT2D eigenvalue weighted by molar-refractivity contribution is 5.95. The van der Waals surface area contributed by atoms with Crippen LogP contribution in [0.4, 0.5) is 0 Å². The van der Waals surface area contributed by atoms with Gasteiger partial charge < -0.3 is 9.55 Å². The van der Waals surface area contributed by atoms with Crippen molar-refractivity contribution in [1.82, 2.24) is 19.5 Å². The van der Waals surface area contributed by atoms with Crippen molar-refractivity contribution in [2.45, 2.75) is 38.1 Å². The van der Waals surface area contributed by atoms with Crippen molar-refractivity contribution in [1.29, 1.82) is 0 Å². The fourth-order valence-corrected chi connectivity index (χ4v) is 4.24. The molecule has 0 spiro atoms. The Labute approximate surface area is 152 Å². The summed E-state index contributed by atoms with van der Waals surface area (Å²) in [4.78, 5) is 12.6. The van der Waals surface area contributed by atoms with E-state index in [1.165, 1.54) is 43.4 Å². The minimum absolute atomic E-state index is 0.533. The molecule has 1 N–H and O–H groups in total. The molecular weight excluding hydrogens is 320 g/mol. The standard InChI is InChI=1S/C22H22N4/c1-3-7-16(8-4-1)20-21(18-11-13-23-22-19(18)12-14-24-22)26(15-25-20)17-9-5-2-6-10-17/h1,3-4,7-8,11-15,17H,2,5-6,9-10H2,(H,23,24). The molecule has 0 bridgehead atoms. The third-order valence-corrected chi connectivity index (χ3v) is 5.52. The Kier molecular flexibility index (Phi) is 3.81. The van der Waals surface area contributed by atoms with Gasteiger partial charge in [0.2, 0.25) is 0 Å². The number of nitrogens with zero attached hydrogens (tertiary/aromatic N) is 3. The van der Waals surface area contributed by atoms with Crippen molar-refractivity contribution in [3.63, 3.8) is 0 Å². The summed E-state index contributed by atoms with van der Waals surface area (Å²) in [6, 6.07) is 15.3. The Bertz CT molecular complexity index is 1020. The Hall–Kier alpha value is -2.88. The third kappa shape index (κ3) is 2.53. The lowest BCUT2D eigenvalue weighted by molar-refractivity contribution is 0.355. The van der Waals surface area contributed by atoms with Crippen molar-refractivity contribution in [2.24, 2.45) is 0 Å². The van der Waals surface area contributed by atoms with Gasteiger partial charge in [-0.3, -0.25) is 0 Å². The highest BCUT2D eigenvalue weighted by atomic mass is 15.1. The number of H-pyrrole nitrogens is 1. The molecule has 26 heavy (non-hydrogen) atoms. The molecular formula is C22H22N4. The summed E-state index contributed by atoms with van der Waals surface area (Å²) in [5.74, 6) is 0. The second-order valence-corrected chi connectivity index (χ2v) is 7.11. The number of hydrogen-bond acceptors (Lipinski definition) is 2. The van der Waals surface area contributed by atoms with Crippen LogP contribution in [0.3, 0.4) is 0 Å². The first kappa shape index (κ1) is 15.4. The minimum Gasteiger partial charge on any atom is -0.346 e. The maximum atomic E-state index is 4.86. The SMILES string of the molecule is c1ccc(-c2ncn(C3CCCCC3)c2-c2ccnc3[nH]ccc23)cc1. The van der Waals surface area contributed by atoms with Crippen LogP contribution >= 0.6 is 0 Å². The van der Waals surface area contributed by atoms with Gasteiger partial charge in [0.15, 0.2) is 0 Å². The van der Waals surface area contributed by atoms with Gasteiger partial charge in [-0.2, -0.15) is 0 Å². The largest absolute Gasteiger partial charge is 0.346 e. The third-order valence-electron chi connectivity index (χ3n) is 5.52. The molecule has 1 saturated carbocycles. The molecule has 0 amide bonds. The second-order valence-electron chi connectivity index (χ2n) is 7.11. The van der Waals surface area contributed by atoms with Crippen LogP contribution in [0.25, 0.3) is 33.5 Å². The average molecular weight is 342 g/mol. The summed E-state index contributed by atoms with van der Waals surface area (Å²) in [5, 5.41) is 1.15. The summed E-state index contributed by atoms with van der Waals surface area (Å²) in [7, 11) is 0. The second kappa shape index (κ2) is 6.45. The van der Waals surface area contributed by atoms with Gasteiger partial charge in [0.1, 0.15) is 5.65 Å². The van der Waals surface area contributed by atoms with Crippen LogP contribution < -0.4 is 0 Å². The lowest BCUT2D eigenvalue weighted by Gasteiger charge is -2.25. The molecule has 0 unspecified atom stereocenters. The zero-order valence-electron chi connectivity index (χ0n) is 14.7. The molecule has 5 rings (SSSR count). The number of nitrogens with one attached hydrogen (secondary N) is 1. The predicted molar refractivity (Wildman–Crippen MR) is 105 cm³/mol. The van der Waals surface area contributed by atoms with E-state index < -0.39 is 0 Å². The first-order valence-corrected chi connectivity index (χ1v) is 9.46. The molecule has 4 heteroatoms. The van der Waals surface area contributed by atoms with Crippen molar-refractivity contribution in [3.05, 3.63) is 61.2 Å². The van der Waals surface area contributed by atoms with Crippen molar-refractivity contribution in [3.8, 4) is 22.5 Å². The Balaban J connectivity index is 1.75. The smallest absolute Gasteiger partial charge is 0.137 e. The molecule has 4 aromatic rings. The molecule has 0 atom stereocenters. The molecule has 1 aliphatic carbocycles. The van der Waals surface area contributed by atoms with Gasteiger partial charge in [0.25, 0.3) is 0 Å². The molecule has 1 aromatic carbocycles. The monoisotopic (exact) mass is 342 g/mol. The summed E-state index contributed by atoms with van der Waals surface area (Å²) < 4.78 is 2.42. The zero-order chi connectivity index (χ0) is 17.3. The van der Waals surface area contributed by atoms with Crippen LogP contribution in [-0.4, -0.2) is 19.5 Å². The number of aromatic nitrogens is 4. The first-order valence-electron chi connectivity index (χ1n) is 9.46. The normalized spacial score (nSPS) is 15.5. The van der Waals surface area contributed by atoms with Gasteiger partial charge >= 0.3 is 0 Å². The van der Waals surface area contributed by atoms with Crippen LogP contribution in [0.15, 0.2) is 61.2 Å². The predicted octanol–water partition coefficient (Wildman–Crippen LogP) is 5.60. The zero-order valence-corrected chi connectivity index (χ0v) is 14.7. The van der Waals surface area contributed by atoms with Crippen LogP contribution in [0.1, 0.15) is 38.1 Å². The first-order chi connectivity index (χ1) is 12.9. The number of pyridine rings is 1. The molecule has 0 radical (unpaired) electrons. The molecule has 4 nitrogen and oxygen atoms in total. The number of aromatic amines is 1.